The number of para-hydroxylation sites is 1. The van der Waals surface area contributed by atoms with Crippen LogP contribution in [0.15, 0.2) is 115 Å². The number of amides is 2. The van der Waals surface area contributed by atoms with Gasteiger partial charge in [-0.15, -0.1) is 0 Å². The Bertz CT molecular complexity index is 1800. The standard InChI is InChI=1S/C40H42N4O2/c1-28(2)26-36(40(46)43-24-22-42(23-25-43)37(29-14-6-4-7-15-29)30-16-8-5-9-17-30)44-38(32-19-10-11-20-33(32)39(44)45)34-27-41(3)35-21-13-12-18-31(34)35/h4-21,27-28,36-38H,22-26H2,1-3H3. The van der Waals surface area contributed by atoms with E-state index < -0.39 is 6.04 Å². The number of fused-ring (bicyclic) bond motifs is 2. The highest BCUT2D eigenvalue weighted by Crippen LogP contribution is 2.44. The molecule has 2 atom stereocenters. The quantitative estimate of drug-likeness (QED) is 0.189. The lowest BCUT2D eigenvalue weighted by atomic mass is 9.94. The molecule has 0 saturated carbocycles. The van der Waals surface area contributed by atoms with E-state index in [4.69, 9.17) is 0 Å². The van der Waals surface area contributed by atoms with Crippen molar-refractivity contribution in [1.82, 2.24) is 19.3 Å². The minimum Gasteiger partial charge on any atom is -0.350 e. The molecule has 2 aliphatic heterocycles. The van der Waals surface area contributed by atoms with Crippen LogP contribution < -0.4 is 0 Å². The lowest BCUT2D eigenvalue weighted by Gasteiger charge is -2.42. The molecule has 1 aromatic heterocycles. The van der Waals surface area contributed by atoms with Gasteiger partial charge in [0.1, 0.15) is 6.04 Å². The predicted octanol–water partition coefficient (Wildman–Crippen LogP) is 7.07. The predicted molar refractivity (Wildman–Crippen MR) is 183 cm³/mol. The average molecular weight is 611 g/mol. The van der Waals surface area contributed by atoms with Crippen LogP contribution in [-0.4, -0.2) is 63.3 Å². The summed E-state index contributed by atoms with van der Waals surface area (Å²) in [4.78, 5) is 35.4. The van der Waals surface area contributed by atoms with Crippen LogP contribution in [0.5, 0.6) is 0 Å². The Hall–Kier alpha value is -4.68. The third-order valence-electron chi connectivity index (χ3n) is 9.76. The molecule has 46 heavy (non-hydrogen) atoms. The van der Waals surface area contributed by atoms with Gasteiger partial charge in [-0.1, -0.05) is 111 Å². The van der Waals surface area contributed by atoms with Gasteiger partial charge in [0.05, 0.1) is 12.1 Å². The maximum absolute atomic E-state index is 14.7. The van der Waals surface area contributed by atoms with Crippen LogP contribution in [0.25, 0.3) is 10.9 Å². The van der Waals surface area contributed by atoms with Crippen LogP contribution >= 0.6 is 0 Å². The number of hydrogen-bond acceptors (Lipinski definition) is 3. The first-order chi connectivity index (χ1) is 22.4. The van der Waals surface area contributed by atoms with Crippen molar-refractivity contribution in [2.24, 2.45) is 13.0 Å². The van der Waals surface area contributed by atoms with Crippen molar-refractivity contribution < 1.29 is 9.59 Å². The third kappa shape index (κ3) is 5.41. The van der Waals surface area contributed by atoms with E-state index in [1.807, 2.05) is 47.2 Å². The number of benzene rings is 4. The van der Waals surface area contributed by atoms with Gasteiger partial charge in [0.15, 0.2) is 0 Å². The molecule has 1 fully saturated rings. The highest BCUT2D eigenvalue weighted by molar-refractivity contribution is 6.03. The highest BCUT2D eigenvalue weighted by Gasteiger charge is 2.46. The average Bonchev–Trinajstić information content (AvgIpc) is 3.57. The summed E-state index contributed by atoms with van der Waals surface area (Å²) in [6.07, 6.45) is 2.75. The summed E-state index contributed by atoms with van der Waals surface area (Å²) in [5.41, 5.74) is 6.36. The second kappa shape index (κ2) is 12.6. The Kier molecular flexibility index (Phi) is 8.22. The SMILES string of the molecule is CC(C)CC(C(=O)N1CCN(C(c2ccccc2)c2ccccc2)CC1)N1C(=O)c2ccccc2C1c1cn(C)c2ccccc12. The van der Waals surface area contributed by atoms with E-state index in [1.165, 1.54) is 11.1 Å². The van der Waals surface area contributed by atoms with Crippen molar-refractivity contribution in [2.45, 2.75) is 38.4 Å². The number of aryl methyl sites for hydroxylation is 1. The molecule has 0 bridgehead atoms. The molecule has 0 aliphatic carbocycles. The van der Waals surface area contributed by atoms with Crippen molar-refractivity contribution in [3.8, 4) is 0 Å². The zero-order valence-electron chi connectivity index (χ0n) is 26.9. The van der Waals surface area contributed by atoms with E-state index in [0.29, 0.717) is 25.1 Å². The van der Waals surface area contributed by atoms with Crippen molar-refractivity contribution in [3.05, 3.63) is 143 Å². The van der Waals surface area contributed by atoms with Crippen LogP contribution in [0, 0.1) is 5.92 Å². The Labute approximate surface area is 271 Å². The van der Waals surface area contributed by atoms with E-state index >= 15 is 0 Å². The summed E-state index contributed by atoms with van der Waals surface area (Å²) in [6.45, 7) is 7.05. The molecule has 2 amide bonds. The molecule has 6 heteroatoms. The number of nitrogens with zero attached hydrogens (tertiary/aromatic N) is 4. The van der Waals surface area contributed by atoms with Crippen LogP contribution in [0.3, 0.4) is 0 Å². The second-order valence-electron chi connectivity index (χ2n) is 13.1. The van der Waals surface area contributed by atoms with Gasteiger partial charge >= 0.3 is 0 Å². The van der Waals surface area contributed by atoms with Crippen LogP contribution in [0.1, 0.15) is 65.0 Å². The fourth-order valence-corrected chi connectivity index (χ4v) is 7.64. The zero-order chi connectivity index (χ0) is 31.8. The summed E-state index contributed by atoms with van der Waals surface area (Å²) in [6, 6.07) is 36.7. The molecular formula is C40H42N4O2. The molecule has 7 rings (SSSR count). The van der Waals surface area contributed by atoms with Crippen LogP contribution in [0.4, 0.5) is 0 Å². The fourth-order valence-electron chi connectivity index (χ4n) is 7.64. The van der Waals surface area contributed by atoms with E-state index in [-0.39, 0.29) is 29.8 Å². The minimum atomic E-state index is -0.561. The Morgan fingerprint density at radius 2 is 1.33 bits per heavy atom. The normalized spacial score (nSPS) is 17.7. The van der Waals surface area contributed by atoms with Crippen molar-refractivity contribution >= 4 is 22.7 Å². The van der Waals surface area contributed by atoms with Gasteiger partial charge in [0.25, 0.3) is 5.91 Å². The monoisotopic (exact) mass is 610 g/mol. The number of rotatable bonds is 8. The Morgan fingerprint density at radius 1 is 0.739 bits per heavy atom. The van der Waals surface area contributed by atoms with Gasteiger partial charge in [-0.2, -0.15) is 0 Å². The zero-order valence-corrected chi connectivity index (χ0v) is 26.9. The molecule has 5 aromatic rings. The molecular weight excluding hydrogens is 568 g/mol. The van der Waals surface area contributed by atoms with E-state index in [9.17, 15) is 9.59 Å². The number of carbonyl (C=O) groups excluding carboxylic acids is 2. The smallest absolute Gasteiger partial charge is 0.255 e. The lowest BCUT2D eigenvalue weighted by Crippen LogP contribution is -2.56. The number of hydrogen-bond donors (Lipinski definition) is 0. The summed E-state index contributed by atoms with van der Waals surface area (Å²) in [5.74, 6) is 0.232. The maximum Gasteiger partial charge on any atom is 0.255 e. The van der Waals surface area contributed by atoms with Crippen molar-refractivity contribution in [3.63, 3.8) is 0 Å². The lowest BCUT2D eigenvalue weighted by molar-refractivity contribution is -0.139. The second-order valence-corrected chi connectivity index (χ2v) is 13.1. The van der Waals surface area contributed by atoms with Gasteiger partial charge < -0.3 is 14.4 Å². The van der Waals surface area contributed by atoms with Gasteiger partial charge in [-0.05, 0) is 41.2 Å². The highest BCUT2D eigenvalue weighted by atomic mass is 16.2. The molecule has 6 nitrogen and oxygen atoms in total. The molecule has 0 N–H and O–H groups in total. The van der Waals surface area contributed by atoms with Crippen LogP contribution in [0.2, 0.25) is 0 Å². The van der Waals surface area contributed by atoms with Gasteiger partial charge in [0.2, 0.25) is 5.91 Å². The molecule has 3 heterocycles. The summed E-state index contributed by atoms with van der Waals surface area (Å²) < 4.78 is 2.13. The van der Waals surface area contributed by atoms with Crippen molar-refractivity contribution in [2.75, 3.05) is 26.2 Å². The Morgan fingerprint density at radius 3 is 1.98 bits per heavy atom. The fraction of sp³-hybridized carbons (Fsp3) is 0.300. The first-order valence-corrected chi connectivity index (χ1v) is 16.5. The molecule has 4 aromatic carbocycles. The summed E-state index contributed by atoms with van der Waals surface area (Å²) in [7, 11) is 2.05. The first-order valence-electron chi connectivity index (χ1n) is 16.5. The molecule has 234 valence electrons. The van der Waals surface area contributed by atoms with Gasteiger partial charge in [0, 0.05) is 61.5 Å². The Balaban J connectivity index is 1.20. The largest absolute Gasteiger partial charge is 0.350 e. The van der Waals surface area contributed by atoms with Crippen molar-refractivity contribution in [1.29, 1.82) is 0 Å². The summed E-state index contributed by atoms with van der Waals surface area (Å²) >= 11 is 0. The summed E-state index contributed by atoms with van der Waals surface area (Å²) in [5, 5.41) is 1.11. The molecule has 1 saturated heterocycles. The maximum atomic E-state index is 14.7. The topological polar surface area (TPSA) is 48.8 Å². The number of carbonyl (C=O) groups is 2. The molecule has 2 aliphatic rings. The number of piperazine rings is 1. The van der Waals surface area contributed by atoms with E-state index in [1.54, 1.807) is 0 Å². The van der Waals surface area contributed by atoms with E-state index in [2.05, 4.69) is 108 Å². The first kappa shape index (κ1) is 30.0. The minimum absolute atomic E-state index is 0.0516. The third-order valence-corrected chi connectivity index (χ3v) is 9.76. The van der Waals surface area contributed by atoms with Crippen LogP contribution in [-0.2, 0) is 11.8 Å². The molecule has 0 spiro atoms. The van der Waals surface area contributed by atoms with Gasteiger partial charge in [-0.25, -0.2) is 0 Å². The molecule has 2 unspecified atom stereocenters. The van der Waals surface area contributed by atoms with Gasteiger partial charge in [-0.3, -0.25) is 14.5 Å². The molecule has 0 radical (unpaired) electrons. The number of aromatic nitrogens is 1. The van der Waals surface area contributed by atoms with E-state index in [0.717, 1.165) is 35.1 Å².